The lowest BCUT2D eigenvalue weighted by Gasteiger charge is -2.38. The third kappa shape index (κ3) is 5.04. The Hall–Kier alpha value is -1.47. The Morgan fingerprint density at radius 2 is 2.08 bits per heavy atom. The number of rotatable bonds is 7. The van der Waals surface area contributed by atoms with E-state index in [-0.39, 0.29) is 5.91 Å². The maximum Gasteiger partial charge on any atom is 0.256 e. The van der Waals surface area contributed by atoms with Gasteiger partial charge in [0.15, 0.2) is 5.60 Å². The van der Waals surface area contributed by atoms with Gasteiger partial charge in [-0.25, -0.2) is 0 Å². The first kappa shape index (κ1) is 19.3. The highest BCUT2D eigenvalue weighted by molar-refractivity contribution is 5.86. The number of piperidine rings is 1. The number of hydrogen-bond acceptors (Lipinski definition) is 5. The van der Waals surface area contributed by atoms with Gasteiger partial charge in [0.25, 0.3) is 5.91 Å². The predicted molar refractivity (Wildman–Crippen MR) is 103 cm³/mol. The molecule has 1 unspecified atom stereocenters. The minimum atomic E-state index is -1.27. The summed E-state index contributed by atoms with van der Waals surface area (Å²) in [6.07, 6.45) is 1.38. The molecule has 0 aliphatic carbocycles. The minimum absolute atomic E-state index is 0.139. The van der Waals surface area contributed by atoms with Crippen LogP contribution in [0, 0.1) is 6.92 Å². The van der Waals surface area contributed by atoms with Crippen molar-refractivity contribution in [2.75, 3.05) is 52.4 Å². The molecule has 6 heteroatoms. The molecule has 0 saturated carbocycles. The van der Waals surface area contributed by atoms with Crippen molar-refractivity contribution in [1.29, 1.82) is 0 Å². The summed E-state index contributed by atoms with van der Waals surface area (Å²) in [5.41, 5.74) is 1.04. The number of nitrogens with one attached hydrogen (secondary N) is 2. The normalized spacial score (nSPS) is 24.8. The van der Waals surface area contributed by atoms with E-state index in [1.54, 1.807) is 4.90 Å². The second-order valence-corrected chi connectivity index (χ2v) is 7.62. The van der Waals surface area contributed by atoms with E-state index < -0.39 is 5.60 Å². The maximum absolute atomic E-state index is 12.8. The Morgan fingerprint density at radius 1 is 1.27 bits per heavy atom. The lowest BCUT2D eigenvalue weighted by atomic mass is 9.91. The van der Waals surface area contributed by atoms with Crippen molar-refractivity contribution in [1.82, 2.24) is 20.4 Å². The molecule has 1 aromatic carbocycles. The van der Waals surface area contributed by atoms with Gasteiger partial charge in [-0.1, -0.05) is 29.8 Å². The van der Waals surface area contributed by atoms with Gasteiger partial charge in [0, 0.05) is 58.9 Å². The molecule has 144 valence electrons. The maximum atomic E-state index is 12.8. The molecule has 0 spiro atoms. The van der Waals surface area contributed by atoms with E-state index in [2.05, 4.69) is 34.6 Å². The monoisotopic (exact) mass is 360 g/mol. The predicted octanol–water partition coefficient (Wildman–Crippen LogP) is 0.343. The van der Waals surface area contributed by atoms with Crippen molar-refractivity contribution in [2.24, 2.45) is 0 Å². The zero-order valence-electron chi connectivity index (χ0n) is 15.8. The summed E-state index contributed by atoms with van der Waals surface area (Å²) in [7, 11) is 0. The number of nitrogens with zero attached hydrogens (tertiary/aromatic N) is 2. The van der Waals surface area contributed by atoms with E-state index in [1.165, 1.54) is 5.56 Å². The fraction of sp³-hybridized carbons (Fsp3) is 0.650. The summed E-state index contributed by atoms with van der Waals surface area (Å²) in [5.74, 6) is -0.139. The highest BCUT2D eigenvalue weighted by Gasteiger charge is 2.41. The molecule has 0 radical (unpaired) electrons. The lowest BCUT2D eigenvalue weighted by molar-refractivity contribution is -0.157. The van der Waals surface area contributed by atoms with Crippen LogP contribution in [-0.2, 0) is 11.3 Å². The third-order valence-corrected chi connectivity index (χ3v) is 5.39. The van der Waals surface area contributed by atoms with Crippen LogP contribution in [0.2, 0.25) is 0 Å². The number of carbonyl (C=O) groups excluding carboxylic acids is 1. The molecule has 6 nitrogen and oxygen atoms in total. The van der Waals surface area contributed by atoms with Crippen LogP contribution in [0.1, 0.15) is 24.0 Å². The van der Waals surface area contributed by atoms with E-state index in [4.69, 9.17) is 0 Å². The van der Waals surface area contributed by atoms with Gasteiger partial charge in [-0.15, -0.1) is 0 Å². The smallest absolute Gasteiger partial charge is 0.256 e. The first-order chi connectivity index (χ1) is 12.6. The van der Waals surface area contributed by atoms with Gasteiger partial charge in [-0.2, -0.15) is 0 Å². The average molecular weight is 361 g/mol. The van der Waals surface area contributed by atoms with Gasteiger partial charge >= 0.3 is 0 Å². The number of aryl methyl sites for hydroxylation is 1. The van der Waals surface area contributed by atoms with E-state index in [0.29, 0.717) is 19.5 Å². The number of amides is 1. The molecule has 2 fully saturated rings. The molecular formula is C20H32N4O2. The first-order valence-electron chi connectivity index (χ1n) is 9.78. The van der Waals surface area contributed by atoms with Crippen molar-refractivity contribution >= 4 is 5.91 Å². The number of benzene rings is 1. The molecule has 2 aliphatic heterocycles. The van der Waals surface area contributed by atoms with Crippen molar-refractivity contribution < 1.29 is 9.90 Å². The highest BCUT2D eigenvalue weighted by atomic mass is 16.3. The fourth-order valence-corrected chi connectivity index (χ4v) is 3.88. The van der Waals surface area contributed by atoms with Crippen LogP contribution in [0.3, 0.4) is 0 Å². The number of likely N-dealkylation sites (tertiary alicyclic amines) is 1. The van der Waals surface area contributed by atoms with Gasteiger partial charge in [0.2, 0.25) is 0 Å². The molecular weight excluding hydrogens is 328 g/mol. The van der Waals surface area contributed by atoms with E-state index in [9.17, 15) is 9.90 Å². The molecule has 2 saturated heterocycles. The summed E-state index contributed by atoms with van der Waals surface area (Å²) in [6, 6.07) is 8.22. The van der Waals surface area contributed by atoms with E-state index >= 15 is 0 Å². The molecule has 3 N–H and O–H groups in total. The van der Waals surface area contributed by atoms with Crippen molar-refractivity contribution in [3.05, 3.63) is 35.4 Å². The molecule has 3 rings (SSSR count). The molecule has 2 aliphatic rings. The molecule has 1 amide bonds. The number of hydrogen-bond donors (Lipinski definition) is 3. The van der Waals surface area contributed by atoms with Crippen LogP contribution in [-0.4, -0.2) is 78.8 Å². The zero-order valence-corrected chi connectivity index (χ0v) is 15.8. The number of piperazine rings is 1. The summed E-state index contributed by atoms with van der Waals surface area (Å²) in [6.45, 7) is 9.64. The summed E-state index contributed by atoms with van der Waals surface area (Å²) in [4.78, 5) is 17.1. The Labute approximate surface area is 156 Å². The van der Waals surface area contributed by atoms with Crippen LogP contribution in [0.15, 0.2) is 24.3 Å². The van der Waals surface area contributed by atoms with E-state index in [0.717, 1.165) is 57.8 Å². The third-order valence-electron chi connectivity index (χ3n) is 5.39. The van der Waals surface area contributed by atoms with Gasteiger partial charge < -0.3 is 20.6 Å². The zero-order chi connectivity index (χ0) is 18.4. The highest BCUT2D eigenvalue weighted by Crippen LogP contribution is 2.24. The van der Waals surface area contributed by atoms with Crippen LogP contribution >= 0.6 is 0 Å². The summed E-state index contributed by atoms with van der Waals surface area (Å²) < 4.78 is 0. The van der Waals surface area contributed by atoms with Gasteiger partial charge in [0.05, 0.1) is 0 Å². The quantitative estimate of drug-likeness (QED) is 0.612. The molecule has 1 aromatic rings. The minimum Gasteiger partial charge on any atom is -0.379 e. The van der Waals surface area contributed by atoms with E-state index in [1.807, 2.05) is 12.1 Å². The number of carbonyl (C=O) groups is 1. The van der Waals surface area contributed by atoms with Crippen LogP contribution in [0.5, 0.6) is 0 Å². The molecule has 0 bridgehead atoms. The molecule has 0 aromatic heterocycles. The average Bonchev–Trinajstić information content (AvgIpc) is 2.64. The van der Waals surface area contributed by atoms with Crippen molar-refractivity contribution in [3.8, 4) is 0 Å². The summed E-state index contributed by atoms with van der Waals surface area (Å²) >= 11 is 0. The largest absolute Gasteiger partial charge is 0.379 e. The van der Waals surface area contributed by atoms with Crippen molar-refractivity contribution in [3.63, 3.8) is 0 Å². The van der Waals surface area contributed by atoms with Gasteiger partial charge in [0.1, 0.15) is 0 Å². The second-order valence-electron chi connectivity index (χ2n) is 7.62. The SMILES string of the molecule is Cc1cccc(CN2CCCC(O)(CNCCN3CCNCC3)C2=O)c1. The molecule has 26 heavy (non-hydrogen) atoms. The van der Waals surface area contributed by atoms with Gasteiger partial charge in [-0.05, 0) is 25.3 Å². The molecule has 1 atom stereocenters. The topological polar surface area (TPSA) is 67.8 Å². The Balaban J connectivity index is 1.48. The Kier molecular flexibility index (Phi) is 6.64. The Morgan fingerprint density at radius 3 is 2.85 bits per heavy atom. The number of aliphatic hydroxyl groups is 1. The van der Waals surface area contributed by atoms with Gasteiger partial charge in [-0.3, -0.25) is 9.69 Å². The van der Waals surface area contributed by atoms with Crippen molar-refractivity contribution in [2.45, 2.75) is 31.9 Å². The first-order valence-corrected chi connectivity index (χ1v) is 9.78. The fourth-order valence-electron chi connectivity index (χ4n) is 3.88. The molecule has 2 heterocycles. The summed E-state index contributed by atoms with van der Waals surface area (Å²) in [5, 5.41) is 17.6. The lowest BCUT2D eigenvalue weighted by Crippen LogP contribution is -2.58. The second kappa shape index (κ2) is 8.95. The Bertz CT molecular complexity index is 603. The van der Waals surface area contributed by atoms with Crippen LogP contribution in [0.25, 0.3) is 0 Å². The van der Waals surface area contributed by atoms with Crippen LogP contribution < -0.4 is 10.6 Å². The van der Waals surface area contributed by atoms with Crippen LogP contribution in [0.4, 0.5) is 0 Å². The standard InChI is InChI=1S/C20H32N4O2/c1-17-4-2-5-18(14-17)15-24-10-3-6-20(26,19(24)25)16-22-9-13-23-11-7-21-8-12-23/h2,4-5,14,21-22,26H,3,6-13,15-16H2,1H3.